The van der Waals surface area contributed by atoms with Crippen LogP contribution in [0.5, 0.6) is 0 Å². The van der Waals surface area contributed by atoms with Crippen LogP contribution in [-0.2, 0) is 17.8 Å². The van der Waals surface area contributed by atoms with Crippen LogP contribution >= 0.6 is 23.2 Å². The molecule has 1 aliphatic carbocycles. The van der Waals surface area contributed by atoms with Gasteiger partial charge in [0.25, 0.3) is 5.91 Å². The van der Waals surface area contributed by atoms with Gasteiger partial charge in [0.2, 0.25) is 0 Å². The molecule has 1 aliphatic rings. The number of nitrogens with one attached hydrogen (secondary N) is 1. The van der Waals surface area contributed by atoms with Gasteiger partial charge in [-0.3, -0.25) is 4.79 Å². The Bertz CT molecular complexity index is 1240. The van der Waals surface area contributed by atoms with E-state index in [1.54, 1.807) is 6.92 Å². The molecule has 2 aromatic rings. The average Bonchev–Trinajstić information content (AvgIpc) is 3.20. The average molecular weight is 522 g/mol. The molecule has 13 heteroatoms. The maximum absolute atomic E-state index is 13.9. The van der Waals surface area contributed by atoms with Gasteiger partial charge in [0.1, 0.15) is 11.2 Å². The Hall–Kier alpha value is -2.84. The Labute approximate surface area is 201 Å². The molecule has 6 nitrogen and oxygen atoms in total. The number of carbonyl (C=O) groups is 1. The van der Waals surface area contributed by atoms with E-state index in [0.29, 0.717) is 34.6 Å². The van der Waals surface area contributed by atoms with Crippen LogP contribution in [0.1, 0.15) is 37.9 Å². The quantitative estimate of drug-likeness (QED) is 0.305. The number of rotatable bonds is 6. The molecule has 3 rings (SSSR count). The summed E-state index contributed by atoms with van der Waals surface area (Å²) in [7, 11) is 1.02. The van der Waals surface area contributed by atoms with Crippen molar-refractivity contribution in [2.24, 2.45) is 7.05 Å². The fraction of sp³-hybridized carbons (Fsp3) is 0.381. The zero-order chi connectivity index (χ0) is 25.6. The highest BCUT2D eigenvalue weighted by atomic mass is 35.5. The van der Waals surface area contributed by atoms with Crippen molar-refractivity contribution in [2.75, 3.05) is 0 Å². The first-order valence-electron chi connectivity index (χ1n) is 9.77. The highest BCUT2D eigenvalue weighted by Gasteiger charge is 2.60. The zero-order valence-electron chi connectivity index (χ0n) is 18.1. The number of nitriles is 1. The van der Waals surface area contributed by atoms with E-state index in [1.807, 2.05) is 6.07 Å². The molecule has 0 saturated heterocycles. The van der Waals surface area contributed by atoms with Gasteiger partial charge in [0.15, 0.2) is 5.82 Å². The molecule has 34 heavy (non-hydrogen) atoms. The van der Waals surface area contributed by atoms with E-state index in [0.717, 1.165) is 11.7 Å². The number of halogens is 7. The van der Waals surface area contributed by atoms with Gasteiger partial charge in [0.05, 0.1) is 22.9 Å². The summed E-state index contributed by atoms with van der Waals surface area (Å²) in [5.74, 6) is -5.86. The summed E-state index contributed by atoms with van der Waals surface area (Å²) in [6, 6.07) is 2.59. The first-order valence-corrected chi connectivity index (χ1v) is 10.5. The SMILES string of the molecule is C/C(Cl)=C(\C=C(/C)c1cnn(-c2c(Cl)cc(C(F)(F)C(F)(F)F)n2C)c1)C(=O)NC1(C#N)CC1. The van der Waals surface area contributed by atoms with Crippen LogP contribution in [0.2, 0.25) is 5.02 Å². The van der Waals surface area contributed by atoms with E-state index in [9.17, 15) is 32.0 Å². The third-order valence-corrected chi connectivity index (χ3v) is 5.86. The Morgan fingerprint density at radius 1 is 1.29 bits per heavy atom. The largest absolute Gasteiger partial charge is 0.459 e. The van der Waals surface area contributed by atoms with Crippen molar-refractivity contribution in [2.45, 2.75) is 44.3 Å². The molecule has 2 aromatic heterocycles. The molecule has 0 aromatic carbocycles. The molecule has 0 unspecified atom stereocenters. The minimum absolute atomic E-state index is 0.109. The van der Waals surface area contributed by atoms with Gasteiger partial charge < -0.3 is 9.88 Å². The number of aromatic nitrogens is 3. The predicted octanol–water partition coefficient (Wildman–Crippen LogP) is 5.61. The third-order valence-electron chi connectivity index (χ3n) is 5.38. The first-order chi connectivity index (χ1) is 15.6. The number of carbonyl (C=O) groups excluding carboxylic acids is 1. The second-order valence-electron chi connectivity index (χ2n) is 7.93. The van der Waals surface area contributed by atoms with Crippen molar-refractivity contribution in [3.63, 3.8) is 0 Å². The number of alkyl halides is 5. The van der Waals surface area contributed by atoms with Crippen LogP contribution in [0, 0.1) is 11.3 Å². The fourth-order valence-corrected chi connectivity index (χ4v) is 3.66. The first kappa shape index (κ1) is 25.8. The molecule has 0 aliphatic heterocycles. The number of hydrogen-bond acceptors (Lipinski definition) is 3. The maximum Gasteiger partial charge on any atom is 0.459 e. The summed E-state index contributed by atoms with van der Waals surface area (Å²) >= 11 is 12.1. The highest BCUT2D eigenvalue weighted by molar-refractivity contribution is 6.32. The molecule has 182 valence electrons. The van der Waals surface area contributed by atoms with Gasteiger partial charge in [-0.2, -0.15) is 32.3 Å². The number of nitrogens with zero attached hydrogens (tertiary/aromatic N) is 4. The summed E-state index contributed by atoms with van der Waals surface area (Å²) in [4.78, 5) is 12.6. The lowest BCUT2D eigenvalue weighted by molar-refractivity contribution is -0.291. The van der Waals surface area contributed by atoms with Crippen molar-refractivity contribution >= 4 is 34.7 Å². The van der Waals surface area contributed by atoms with Gasteiger partial charge in [-0.1, -0.05) is 23.2 Å². The summed E-state index contributed by atoms with van der Waals surface area (Å²) < 4.78 is 67.9. The lowest BCUT2D eigenvalue weighted by Gasteiger charge is -2.20. The van der Waals surface area contributed by atoms with Crippen molar-refractivity contribution < 1.29 is 26.7 Å². The molecule has 1 saturated carbocycles. The van der Waals surface area contributed by atoms with E-state index in [-0.39, 0.29) is 21.4 Å². The van der Waals surface area contributed by atoms with Gasteiger partial charge in [-0.05, 0) is 44.4 Å². The minimum Gasteiger partial charge on any atom is -0.334 e. The van der Waals surface area contributed by atoms with E-state index in [2.05, 4.69) is 10.4 Å². The molecule has 1 amide bonds. The Balaban J connectivity index is 1.94. The molecule has 0 radical (unpaired) electrons. The Morgan fingerprint density at radius 2 is 1.91 bits per heavy atom. The van der Waals surface area contributed by atoms with Crippen LogP contribution in [0.4, 0.5) is 22.0 Å². The van der Waals surface area contributed by atoms with Crippen LogP contribution in [0.3, 0.4) is 0 Å². The smallest absolute Gasteiger partial charge is 0.334 e. The molecule has 0 bridgehead atoms. The predicted molar refractivity (Wildman–Crippen MR) is 115 cm³/mol. The van der Waals surface area contributed by atoms with Gasteiger partial charge in [0, 0.05) is 23.8 Å². The van der Waals surface area contributed by atoms with E-state index >= 15 is 0 Å². The summed E-state index contributed by atoms with van der Waals surface area (Å²) in [6.45, 7) is 3.13. The molecular weight excluding hydrogens is 504 g/mol. The number of hydrogen-bond donors (Lipinski definition) is 1. The second kappa shape index (κ2) is 8.74. The Kier molecular flexibility index (Phi) is 6.63. The van der Waals surface area contributed by atoms with Gasteiger partial charge in [-0.25, -0.2) is 4.68 Å². The summed E-state index contributed by atoms with van der Waals surface area (Å²) in [5.41, 5.74) is -1.22. The Morgan fingerprint density at radius 3 is 2.41 bits per heavy atom. The fourth-order valence-electron chi connectivity index (χ4n) is 3.20. The molecule has 0 atom stereocenters. The summed E-state index contributed by atoms with van der Waals surface area (Å²) in [6.07, 6.45) is -0.588. The lowest BCUT2D eigenvalue weighted by Crippen LogP contribution is -2.36. The highest BCUT2D eigenvalue weighted by Crippen LogP contribution is 2.45. The van der Waals surface area contributed by atoms with Crippen LogP contribution in [0.25, 0.3) is 11.4 Å². The topological polar surface area (TPSA) is 75.6 Å². The van der Waals surface area contributed by atoms with E-state index in [1.165, 1.54) is 25.4 Å². The van der Waals surface area contributed by atoms with E-state index < -0.39 is 29.2 Å². The standard InChI is InChI=1S/C21H18Cl2F5N5O/c1-11(6-14(12(2)22)17(34)31-19(10-29)4-5-19)13-8-30-33(9-13)18-15(23)7-16(32(18)3)20(24,25)21(26,27)28/h6-9H,4-5H2,1-3H3,(H,31,34)/b11-6+,14-12-. The molecule has 0 spiro atoms. The van der Waals surface area contributed by atoms with Crippen LogP contribution < -0.4 is 5.32 Å². The second-order valence-corrected chi connectivity index (χ2v) is 8.90. The van der Waals surface area contributed by atoms with Crippen LogP contribution in [-0.4, -0.2) is 32.0 Å². The molecule has 1 fully saturated rings. The molecular formula is C21H18Cl2F5N5O. The van der Waals surface area contributed by atoms with Crippen molar-refractivity contribution in [3.8, 4) is 11.9 Å². The zero-order valence-corrected chi connectivity index (χ0v) is 19.6. The summed E-state index contributed by atoms with van der Waals surface area (Å²) in [5, 5.41) is 15.6. The molecule has 1 N–H and O–H groups in total. The van der Waals surface area contributed by atoms with Gasteiger partial charge >= 0.3 is 12.1 Å². The monoisotopic (exact) mass is 521 g/mol. The van der Waals surface area contributed by atoms with Crippen LogP contribution in [0.15, 0.2) is 35.1 Å². The minimum atomic E-state index is -5.80. The van der Waals surface area contributed by atoms with E-state index in [4.69, 9.17) is 23.2 Å². The van der Waals surface area contributed by atoms with Crippen molar-refractivity contribution in [1.29, 1.82) is 5.26 Å². The number of amides is 1. The van der Waals surface area contributed by atoms with Crippen molar-refractivity contribution in [3.05, 3.63) is 51.4 Å². The lowest BCUT2D eigenvalue weighted by atomic mass is 10.1. The molecule has 2 heterocycles. The number of allylic oxidation sites excluding steroid dienone is 2. The maximum atomic E-state index is 13.9. The third kappa shape index (κ3) is 4.70. The van der Waals surface area contributed by atoms with Crippen molar-refractivity contribution in [1.82, 2.24) is 19.7 Å². The normalized spacial score (nSPS) is 16.7. The van der Waals surface area contributed by atoms with Gasteiger partial charge in [-0.15, -0.1) is 0 Å².